The molecule has 0 bridgehead atoms. The first kappa shape index (κ1) is 15.9. The Balaban J connectivity index is 2.40. The Morgan fingerprint density at radius 3 is 2.85 bits per heavy atom. The Morgan fingerprint density at radius 2 is 2.25 bits per heavy atom. The molecule has 20 heavy (non-hydrogen) atoms. The van der Waals surface area contributed by atoms with E-state index in [1.54, 1.807) is 12.3 Å². The van der Waals surface area contributed by atoms with Crippen LogP contribution < -0.4 is 0 Å². The van der Waals surface area contributed by atoms with Crippen LogP contribution in [0.4, 0.5) is 4.39 Å². The van der Waals surface area contributed by atoms with Gasteiger partial charge in [-0.3, -0.25) is 4.21 Å². The smallest absolute Gasteiger partial charge is 0.139 e. The van der Waals surface area contributed by atoms with Crippen molar-refractivity contribution in [3.8, 4) is 0 Å². The van der Waals surface area contributed by atoms with E-state index in [1.165, 1.54) is 6.07 Å². The highest BCUT2D eigenvalue weighted by Gasteiger charge is 2.14. The quantitative estimate of drug-likeness (QED) is 0.738. The van der Waals surface area contributed by atoms with Gasteiger partial charge in [-0.2, -0.15) is 0 Å². The van der Waals surface area contributed by atoms with Crippen LogP contribution in [0.2, 0.25) is 0 Å². The van der Waals surface area contributed by atoms with Crippen molar-refractivity contribution >= 4 is 49.4 Å². The molecule has 1 aromatic heterocycles. The van der Waals surface area contributed by atoms with Crippen LogP contribution in [0.25, 0.3) is 11.0 Å². The Kier molecular flexibility index (Phi) is 5.20. The van der Waals surface area contributed by atoms with Crippen molar-refractivity contribution in [2.75, 3.05) is 6.26 Å². The number of rotatable bonds is 5. The molecule has 0 spiro atoms. The van der Waals surface area contributed by atoms with Crippen molar-refractivity contribution in [1.29, 1.82) is 0 Å². The van der Waals surface area contributed by atoms with E-state index in [1.807, 2.05) is 11.5 Å². The number of alkyl halides is 1. The first-order valence-electron chi connectivity index (χ1n) is 6.16. The van der Waals surface area contributed by atoms with Crippen LogP contribution in [0.5, 0.6) is 0 Å². The third kappa shape index (κ3) is 3.23. The minimum atomic E-state index is -0.870. The second-order valence-corrected chi connectivity index (χ2v) is 7.59. The molecule has 0 aliphatic carbocycles. The molecule has 2 rings (SSSR count). The van der Waals surface area contributed by atoms with Crippen molar-refractivity contribution < 1.29 is 8.60 Å². The van der Waals surface area contributed by atoms with Crippen LogP contribution in [0.1, 0.15) is 19.2 Å². The molecule has 0 amide bonds. The Labute approximate surface area is 133 Å². The van der Waals surface area contributed by atoms with E-state index in [2.05, 4.69) is 20.9 Å². The number of hydrogen-bond acceptors (Lipinski definition) is 2. The molecule has 110 valence electrons. The summed E-state index contributed by atoms with van der Waals surface area (Å²) in [6.07, 6.45) is 2.42. The lowest BCUT2D eigenvalue weighted by Gasteiger charge is -2.11. The highest BCUT2D eigenvalue weighted by molar-refractivity contribution is 9.10. The van der Waals surface area contributed by atoms with Gasteiger partial charge >= 0.3 is 0 Å². The van der Waals surface area contributed by atoms with Gasteiger partial charge in [0.2, 0.25) is 0 Å². The van der Waals surface area contributed by atoms with Gasteiger partial charge in [-0.1, -0.05) is 6.92 Å². The van der Waals surface area contributed by atoms with Crippen LogP contribution in [0.15, 0.2) is 16.6 Å². The molecule has 1 heterocycles. The Bertz CT molecular complexity index is 661. The predicted octanol–water partition coefficient (Wildman–Crippen LogP) is 3.83. The summed E-state index contributed by atoms with van der Waals surface area (Å²) in [5.74, 6) is 0.637. The van der Waals surface area contributed by atoms with Gasteiger partial charge in [0.05, 0.1) is 21.4 Å². The highest BCUT2D eigenvalue weighted by atomic mass is 79.9. The van der Waals surface area contributed by atoms with Crippen molar-refractivity contribution in [3.63, 3.8) is 0 Å². The fraction of sp³-hybridized carbons (Fsp3) is 0.462. The molecule has 0 aliphatic rings. The SMILES string of the molecule is CC(CCn1c(CCl)nc2cc(Br)c(F)cc21)S(C)=O. The van der Waals surface area contributed by atoms with Gasteiger partial charge in [0.25, 0.3) is 0 Å². The lowest BCUT2D eigenvalue weighted by Crippen LogP contribution is -2.14. The molecular weight excluding hydrogens is 367 g/mol. The van der Waals surface area contributed by atoms with Gasteiger partial charge in [0.15, 0.2) is 0 Å². The number of halogens is 3. The molecule has 0 aliphatic heterocycles. The number of benzene rings is 1. The monoisotopic (exact) mass is 380 g/mol. The summed E-state index contributed by atoms with van der Waals surface area (Å²) in [4.78, 5) is 4.41. The number of aromatic nitrogens is 2. The van der Waals surface area contributed by atoms with Crippen molar-refractivity contribution in [2.24, 2.45) is 0 Å². The fourth-order valence-electron chi connectivity index (χ4n) is 2.00. The average Bonchev–Trinajstić information content (AvgIpc) is 2.73. The number of imidazole rings is 1. The minimum absolute atomic E-state index is 0.0796. The minimum Gasteiger partial charge on any atom is -0.327 e. The lowest BCUT2D eigenvalue weighted by atomic mass is 10.3. The maximum absolute atomic E-state index is 13.7. The van der Waals surface area contributed by atoms with Gasteiger partial charge in [-0.05, 0) is 28.4 Å². The summed E-state index contributed by atoms with van der Waals surface area (Å²) in [6.45, 7) is 2.56. The lowest BCUT2D eigenvalue weighted by molar-refractivity contribution is 0.608. The van der Waals surface area contributed by atoms with E-state index in [0.29, 0.717) is 22.4 Å². The van der Waals surface area contributed by atoms with Gasteiger partial charge < -0.3 is 4.57 Å². The summed E-state index contributed by atoms with van der Waals surface area (Å²) >= 11 is 9.07. The second-order valence-electron chi connectivity index (χ2n) is 4.67. The molecule has 0 radical (unpaired) electrons. The Morgan fingerprint density at radius 1 is 1.55 bits per heavy atom. The number of hydrogen-bond donors (Lipinski definition) is 0. The largest absolute Gasteiger partial charge is 0.327 e. The van der Waals surface area contributed by atoms with Gasteiger partial charge in [-0.15, -0.1) is 11.6 Å². The van der Waals surface area contributed by atoms with Gasteiger partial charge in [-0.25, -0.2) is 9.37 Å². The molecule has 3 nitrogen and oxygen atoms in total. The van der Waals surface area contributed by atoms with E-state index < -0.39 is 10.8 Å². The zero-order chi connectivity index (χ0) is 14.9. The van der Waals surface area contributed by atoms with Gasteiger partial charge in [0.1, 0.15) is 11.6 Å². The van der Waals surface area contributed by atoms with Crippen molar-refractivity contribution in [2.45, 2.75) is 31.0 Å². The zero-order valence-corrected chi connectivity index (χ0v) is 14.4. The highest BCUT2D eigenvalue weighted by Crippen LogP contribution is 2.25. The first-order valence-corrected chi connectivity index (χ1v) is 9.11. The van der Waals surface area contributed by atoms with E-state index in [9.17, 15) is 8.60 Å². The first-order chi connectivity index (χ1) is 9.43. The van der Waals surface area contributed by atoms with E-state index >= 15 is 0 Å². The maximum atomic E-state index is 13.7. The molecule has 0 fully saturated rings. The third-order valence-electron chi connectivity index (χ3n) is 3.31. The van der Waals surface area contributed by atoms with E-state index in [0.717, 1.165) is 11.9 Å². The Hall–Kier alpha value is -0.460. The van der Waals surface area contributed by atoms with Gasteiger partial charge in [0, 0.05) is 34.9 Å². The third-order valence-corrected chi connectivity index (χ3v) is 5.53. The molecule has 0 N–H and O–H groups in total. The summed E-state index contributed by atoms with van der Waals surface area (Å²) in [6, 6.07) is 3.11. The van der Waals surface area contributed by atoms with Crippen LogP contribution in [0.3, 0.4) is 0 Å². The van der Waals surface area contributed by atoms with Crippen LogP contribution in [-0.2, 0) is 23.2 Å². The normalized spacial score (nSPS) is 14.7. The van der Waals surface area contributed by atoms with Crippen LogP contribution in [-0.4, -0.2) is 25.3 Å². The van der Waals surface area contributed by atoms with Crippen LogP contribution in [0, 0.1) is 5.82 Å². The molecule has 0 saturated carbocycles. The van der Waals surface area contributed by atoms with E-state index in [-0.39, 0.29) is 16.9 Å². The van der Waals surface area contributed by atoms with Crippen molar-refractivity contribution in [1.82, 2.24) is 9.55 Å². The summed E-state index contributed by atoms with van der Waals surface area (Å²) in [5.41, 5.74) is 1.43. The fourth-order valence-corrected chi connectivity index (χ4v) is 2.97. The van der Waals surface area contributed by atoms with E-state index in [4.69, 9.17) is 11.6 Å². The molecular formula is C13H15BrClFN2OS. The molecule has 1 aromatic carbocycles. The molecule has 0 saturated heterocycles. The summed E-state index contributed by atoms with van der Waals surface area (Å²) in [5, 5.41) is 0.0796. The number of aryl methyl sites for hydroxylation is 1. The average molecular weight is 382 g/mol. The number of nitrogens with zero attached hydrogens (tertiary/aromatic N) is 2. The summed E-state index contributed by atoms with van der Waals surface area (Å²) in [7, 11) is -0.870. The number of fused-ring (bicyclic) bond motifs is 1. The molecule has 7 heteroatoms. The maximum Gasteiger partial charge on any atom is 0.139 e. The molecule has 2 atom stereocenters. The summed E-state index contributed by atoms with van der Waals surface area (Å²) < 4.78 is 27.4. The predicted molar refractivity (Wildman–Crippen MR) is 85.1 cm³/mol. The standard InChI is InChI=1S/C13H15BrClFN2OS/c1-8(20(2)19)3-4-18-12-6-10(16)9(14)5-11(12)17-13(18)7-15/h5-6,8H,3-4,7H2,1-2H3. The van der Waals surface area contributed by atoms with Crippen LogP contribution >= 0.6 is 27.5 Å². The molecule has 2 unspecified atom stereocenters. The molecule has 2 aromatic rings. The topological polar surface area (TPSA) is 34.9 Å². The zero-order valence-electron chi connectivity index (χ0n) is 11.2. The van der Waals surface area contributed by atoms with Crippen molar-refractivity contribution in [3.05, 3.63) is 28.2 Å². The second kappa shape index (κ2) is 6.54.